The third kappa shape index (κ3) is 2.74. The molecule has 2 aromatic rings. The second-order valence-corrected chi connectivity index (χ2v) is 4.78. The van der Waals surface area contributed by atoms with Crippen LogP contribution >= 0.6 is 0 Å². The number of aryl methyl sites for hydroxylation is 1. The molecule has 0 fully saturated rings. The molecule has 0 saturated carbocycles. The van der Waals surface area contributed by atoms with Crippen molar-refractivity contribution >= 4 is 0 Å². The van der Waals surface area contributed by atoms with Crippen LogP contribution in [-0.4, -0.2) is 7.11 Å². The monoisotopic (exact) mass is 258 g/mol. The number of hydrogen-bond acceptors (Lipinski definition) is 2. The van der Waals surface area contributed by atoms with Crippen LogP contribution in [0.1, 0.15) is 36.3 Å². The molecule has 0 amide bonds. The quantitative estimate of drug-likeness (QED) is 0.786. The van der Waals surface area contributed by atoms with Gasteiger partial charge in [0, 0.05) is 18.2 Å². The molecule has 0 N–H and O–H groups in total. The normalized spacial score (nSPS) is 10.9. The van der Waals surface area contributed by atoms with Gasteiger partial charge in [-0.2, -0.15) is 0 Å². The molecule has 0 radical (unpaired) electrons. The maximum Gasteiger partial charge on any atom is 0.137 e. The van der Waals surface area contributed by atoms with Gasteiger partial charge in [0.2, 0.25) is 0 Å². The first-order chi connectivity index (χ1) is 9.21. The molecule has 19 heavy (non-hydrogen) atoms. The molecule has 0 atom stereocenters. The molecule has 0 bridgehead atoms. The average molecular weight is 258 g/mol. The maximum absolute atomic E-state index is 5.98. The fraction of sp³-hybridized carbons (Fsp3) is 0.412. The van der Waals surface area contributed by atoms with Crippen molar-refractivity contribution in [3.8, 4) is 11.3 Å². The topological polar surface area (TPSA) is 22.4 Å². The van der Waals surface area contributed by atoms with Crippen LogP contribution in [0.15, 0.2) is 28.7 Å². The molecule has 0 saturated heterocycles. The lowest BCUT2D eigenvalue weighted by Crippen LogP contribution is -1.90. The van der Waals surface area contributed by atoms with E-state index in [0.717, 1.165) is 29.9 Å². The summed E-state index contributed by atoms with van der Waals surface area (Å²) in [5.74, 6) is 2.08. The Balaban J connectivity index is 2.41. The van der Waals surface area contributed by atoms with Crippen LogP contribution in [0.3, 0.4) is 0 Å². The van der Waals surface area contributed by atoms with E-state index in [-0.39, 0.29) is 0 Å². The molecule has 0 unspecified atom stereocenters. The highest BCUT2D eigenvalue weighted by Crippen LogP contribution is 2.32. The average Bonchev–Trinajstić information content (AvgIpc) is 2.76. The van der Waals surface area contributed by atoms with E-state index in [0.29, 0.717) is 6.61 Å². The van der Waals surface area contributed by atoms with Gasteiger partial charge in [-0.15, -0.1) is 0 Å². The van der Waals surface area contributed by atoms with Gasteiger partial charge in [-0.3, -0.25) is 0 Å². The third-order valence-electron chi connectivity index (χ3n) is 3.55. The van der Waals surface area contributed by atoms with Gasteiger partial charge in [0.25, 0.3) is 0 Å². The van der Waals surface area contributed by atoms with Crippen molar-refractivity contribution in [3.63, 3.8) is 0 Å². The molecular formula is C17H22O2. The predicted molar refractivity (Wildman–Crippen MR) is 78.4 cm³/mol. The molecule has 0 aliphatic heterocycles. The van der Waals surface area contributed by atoms with Crippen molar-refractivity contribution < 1.29 is 9.15 Å². The summed E-state index contributed by atoms with van der Waals surface area (Å²) in [5, 5.41) is 0. The summed E-state index contributed by atoms with van der Waals surface area (Å²) in [7, 11) is 1.71. The molecule has 1 heterocycles. The number of benzene rings is 1. The molecule has 1 aromatic carbocycles. The standard InChI is InChI=1S/C17H22O2/c1-5-15-12(3)19-17(16(15)6-2)14-9-7-13(8-10-14)11-18-4/h7-10H,5-6,11H2,1-4H3. The van der Waals surface area contributed by atoms with E-state index in [4.69, 9.17) is 9.15 Å². The highest BCUT2D eigenvalue weighted by atomic mass is 16.5. The SMILES string of the molecule is CCc1c(C)oc(-c2ccc(COC)cc2)c1CC. The first-order valence-corrected chi connectivity index (χ1v) is 6.90. The fourth-order valence-corrected chi connectivity index (χ4v) is 2.61. The van der Waals surface area contributed by atoms with Crippen LogP contribution in [0.25, 0.3) is 11.3 Å². The van der Waals surface area contributed by atoms with Crippen molar-refractivity contribution in [2.45, 2.75) is 40.2 Å². The van der Waals surface area contributed by atoms with E-state index in [1.54, 1.807) is 7.11 Å². The Morgan fingerprint density at radius 3 is 2.16 bits per heavy atom. The molecule has 2 heteroatoms. The Morgan fingerprint density at radius 2 is 1.63 bits per heavy atom. The molecule has 1 aromatic heterocycles. The summed E-state index contributed by atoms with van der Waals surface area (Å²) in [6, 6.07) is 8.43. The first kappa shape index (κ1) is 13.9. The van der Waals surface area contributed by atoms with Crippen LogP contribution in [0, 0.1) is 6.92 Å². The lowest BCUT2D eigenvalue weighted by molar-refractivity contribution is 0.185. The molecular weight excluding hydrogens is 236 g/mol. The Kier molecular flexibility index (Phi) is 4.43. The van der Waals surface area contributed by atoms with Crippen molar-refractivity contribution in [1.29, 1.82) is 0 Å². The van der Waals surface area contributed by atoms with Crippen LogP contribution < -0.4 is 0 Å². The molecule has 0 aliphatic carbocycles. The second-order valence-electron chi connectivity index (χ2n) is 4.78. The number of methoxy groups -OCH3 is 1. The Labute approximate surface area is 115 Å². The van der Waals surface area contributed by atoms with Gasteiger partial charge < -0.3 is 9.15 Å². The Hall–Kier alpha value is -1.54. The number of ether oxygens (including phenoxy) is 1. The predicted octanol–water partition coefficient (Wildman–Crippen LogP) is 4.53. The minimum absolute atomic E-state index is 0.651. The molecule has 0 spiro atoms. The van der Waals surface area contributed by atoms with Crippen molar-refractivity contribution in [1.82, 2.24) is 0 Å². The highest BCUT2D eigenvalue weighted by molar-refractivity contribution is 5.64. The summed E-state index contributed by atoms with van der Waals surface area (Å²) < 4.78 is 11.1. The van der Waals surface area contributed by atoms with Gasteiger partial charge in [0.15, 0.2) is 0 Å². The molecule has 0 aliphatic rings. The lowest BCUT2D eigenvalue weighted by Gasteiger charge is -2.04. The molecule has 2 nitrogen and oxygen atoms in total. The summed E-state index contributed by atoms with van der Waals surface area (Å²) in [6.45, 7) is 7.08. The first-order valence-electron chi connectivity index (χ1n) is 6.90. The highest BCUT2D eigenvalue weighted by Gasteiger charge is 2.16. The van der Waals surface area contributed by atoms with Gasteiger partial charge in [0.1, 0.15) is 11.5 Å². The number of furan rings is 1. The van der Waals surface area contributed by atoms with E-state index >= 15 is 0 Å². The van der Waals surface area contributed by atoms with Crippen molar-refractivity contribution in [3.05, 3.63) is 46.7 Å². The second kappa shape index (κ2) is 6.07. The minimum Gasteiger partial charge on any atom is -0.461 e. The Bertz CT molecular complexity index is 535. The molecule has 102 valence electrons. The van der Waals surface area contributed by atoms with E-state index < -0.39 is 0 Å². The largest absolute Gasteiger partial charge is 0.461 e. The van der Waals surface area contributed by atoms with Crippen LogP contribution in [-0.2, 0) is 24.2 Å². The van der Waals surface area contributed by atoms with Gasteiger partial charge >= 0.3 is 0 Å². The van der Waals surface area contributed by atoms with Crippen LogP contribution in [0.2, 0.25) is 0 Å². The van der Waals surface area contributed by atoms with Crippen LogP contribution in [0.5, 0.6) is 0 Å². The zero-order valence-corrected chi connectivity index (χ0v) is 12.2. The van der Waals surface area contributed by atoms with E-state index in [1.807, 2.05) is 0 Å². The zero-order valence-electron chi connectivity index (χ0n) is 12.2. The minimum atomic E-state index is 0.651. The zero-order chi connectivity index (χ0) is 13.8. The summed E-state index contributed by atoms with van der Waals surface area (Å²) >= 11 is 0. The van der Waals surface area contributed by atoms with Gasteiger partial charge in [0.05, 0.1) is 6.61 Å². The smallest absolute Gasteiger partial charge is 0.137 e. The Morgan fingerprint density at radius 1 is 1.00 bits per heavy atom. The fourth-order valence-electron chi connectivity index (χ4n) is 2.61. The maximum atomic E-state index is 5.98. The molecule has 2 rings (SSSR count). The van der Waals surface area contributed by atoms with Gasteiger partial charge in [-0.05, 0) is 30.9 Å². The number of rotatable bonds is 5. The van der Waals surface area contributed by atoms with E-state index in [2.05, 4.69) is 45.0 Å². The van der Waals surface area contributed by atoms with Crippen LogP contribution in [0.4, 0.5) is 0 Å². The third-order valence-corrected chi connectivity index (χ3v) is 3.55. The summed E-state index contributed by atoms with van der Waals surface area (Å²) in [5.41, 5.74) is 5.04. The lowest BCUT2D eigenvalue weighted by atomic mass is 10.00. The van der Waals surface area contributed by atoms with E-state index in [1.165, 1.54) is 16.7 Å². The van der Waals surface area contributed by atoms with Crippen molar-refractivity contribution in [2.24, 2.45) is 0 Å². The van der Waals surface area contributed by atoms with Gasteiger partial charge in [-0.1, -0.05) is 38.1 Å². The van der Waals surface area contributed by atoms with E-state index in [9.17, 15) is 0 Å². The van der Waals surface area contributed by atoms with Gasteiger partial charge in [-0.25, -0.2) is 0 Å². The number of hydrogen-bond donors (Lipinski definition) is 0. The summed E-state index contributed by atoms with van der Waals surface area (Å²) in [4.78, 5) is 0. The summed E-state index contributed by atoms with van der Waals surface area (Å²) in [6.07, 6.45) is 2.04. The van der Waals surface area contributed by atoms with Crippen molar-refractivity contribution in [2.75, 3.05) is 7.11 Å².